The molecule has 1 N–H and O–H groups in total. The Morgan fingerprint density at radius 1 is 1.43 bits per heavy atom. The van der Waals surface area contributed by atoms with Crippen molar-refractivity contribution in [2.75, 3.05) is 6.61 Å². The number of ether oxygens (including phenoxy) is 1. The van der Waals surface area contributed by atoms with E-state index in [1.54, 1.807) is 0 Å². The summed E-state index contributed by atoms with van der Waals surface area (Å²) < 4.78 is 5.14. The molecule has 0 aliphatic rings. The van der Waals surface area contributed by atoms with Crippen molar-refractivity contribution in [3.63, 3.8) is 0 Å². The number of diazo groups is 1. The highest BCUT2D eigenvalue weighted by Crippen LogP contribution is 2.01. The van der Waals surface area contributed by atoms with Crippen LogP contribution in [0.2, 0.25) is 0 Å². The van der Waals surface area contributed by atoms with Crippen LogP contribution in [-0.4, -0.2) is 11.7 Å². The summed E-state index contributed by atoms with van der Waals surface area (Å²) in [7, 11) is 0. The van der Waals surface area contributed by atoms with Crippen molar-refractivity contribution < 1.29 is 9.84 Å². The van der Waals surface area contributed by atoms with Gasteiger partial charge in [-0.2, -0.15) is 0 Å². The molecular formula is C10H11N2O2+. The zero-order chi connectivity index (χ0) is 10.2. The van der Waals surface area contributed by atoms with Crippen LogP contribution in [0.25, 0.3) is 4.98 Å². The van der Waals surface area contributed by atoms with E-state index in [4.69, 9.17) is 15.2 Å². The molecule has 0 fully saturated rings. The summed E-state index contributed by atoms with van der Waals surface area (Å²) in [6, 6.07) is 9.61. The summed E-state index contributed by atoms with van der Waals surface area (Å²) in [5.74, 6) is -0.108. The molecule has 4 nitrogen and oxygen atoms in total. The number of benzene rings is 1. The van der Waals surface area contributed by atoms with Gasteiger partial charge in [0, 0.05) is 0 Å². The van der Waals surface area contributed by atoms with Crippen molar-refractivity contribution >= 4 is 0 Å². The summed E-state index contributed by atoms with van der Waals surface area (Å²) >= 11 is 0. The van der Waals surface area contributed by atoms with Crippen LogP contribution in [0.15, 0.2) is 42.3 Å². The first-order valence-corrected chi connectivity index (χ1v) is 4.17. The lowest BCUT2D eigenvalue weighted by molar-refractivity contribution is 0.115. The van der Waals surface area contributed by atoms with Crippen molar-refractivity contribution in [3.05, 3.63) is 52.8 Å². The summed E-state index contributed by atoms with van der Waals surface area (Å²) in [4.78, 5) is 2.67. The molecule has 4 heteroatoms. The average molecular weight is 193 g/mol. The molecule has 0 aliphatic heterocycles. The van der Waals surface area contributed by atoms with Crippen LogP contribution in [0, 0.1) is 5.39 Å². The monoisotopic (exact) mass is 193 g/mol. The lowest BCUT2D eigenvalue weighted by Gasteiger charge is -2.01. The number of hydrogen-bond donors (Lipinski definition) is 1. The fourth-order valence-electron chi connectivity index (χ4n) is 0.952. The fraction of sp³-hybridized carbons (Fsp3) is 0.200. The topological polar surface area (TPSA) is 57.6 Å². The van der Waals surface area contributed by atoms with E-state index < -0.39 is 0 Å². The van der Waals surface area contributed by atoms with Crippen LogP contribution >= 0.6 is 0 Å². The van der Waals surface area contributed by atoms with Gasteiger partial charge in [0.25, 0.3) is 0 Å². The molecular weight excluding hydrogens is 182 g/mol. The minimum absolute atomic E-state index is 0.0406. The van der Waals surface area contributed by atoms with Crippen LogP contribution in [0.5, 0.6) is 0 Å². The minimum atomic E-state index is -0.108. The molecule has 0 atom stereocenters. The standard InChI is InChI=1S/C10H10N2O2/c11-12-6-10(13)8-14-7-9-4-2-1-3-5-9/h1-6H,7-8H2/p+1/b10-6-/i8+1,10+1. The highest BCUT2D eigenvalue weighted by Gasteiger charge is 1.99. The molecule has 0 radical (unpaired) electrons. The van der Waals surface area contributed by atoms with Crippen molar-refractivity contribution in [1.82, 2.24) is 0 Å². The maximum Gasteiger partial charge on any atom is 0.389 e. The number of hydrogen-bond acceptors (Lipinski definition) is 3. The first kappa shape index (κ1) is 10.2. The van der Waals surface area contributed by atoms with Gasteiger partial charge in [-0.1, -0.05) is 30.3 Å². The van der Waals surface area contributed by atoms with Gasteiger partial charge in [0.2, 0.25) is 11.2 Å². The maximum absolute atomic E-state index is 9.01. The highest BCUT2D eigenvalue weighted by atomic mass is 16.6. The summed E-state index contributed by atoms with van der Waals surface area (Å²) in [5, 5.41) is 17.1. The molecule has 72 valence electrons. The first-order valence-electron chi connectivity index (χ1n) is 4.17. The third-order valence-corrected chi connectivity index (χ3v) is 1.57. The summed E-state index contributed by atoms with van der Waals surface area (Å²) in [6.07, 6.45) is 0.936. The van der Waals surface area contributed by atoms with Gasteiger partial charge in [0.05, 0.1) is 6.61 Å². The van der Waals surface area contributed by atoms with Gasteiger partial charge in [-0.05, 0) is 5.56 Å². The van der Waals surface area contributed by atoms with Gasteiger partial charge in [-0.3, -0.25) is 0 Å². The Hall–Kier alpha value is -1.86. The van der Waals surface area contributed by atoms with Crippen LogP contribution in [0.3, 0.4) is 0 Å². The predicted octanol–water partition coefficient (Wildman–Crippen LogP) is 2.46. The normalized spacial score (nSPS) is 10.9. The molecule has 0 amide bonds. The smallest absolute Gasteiger partial charge is 0.389 e. The Morgan fingerprint density at radius 2 is 2.14 bits per heavy atom. The van der Waals surface area contributed by atoms with Crippen molar-refractivity contribution in [1.29, 1.82) is 5.39 Å². The minimum Gasteiger partial charge on any atom is -0.504 e. The van der Waals surface area contributed by atoms with Gasteiger partial charge in [-0.15, -0.1) is 0 Å². The Balaban J connectivity index is 2.30. The lowest BCUT2D eigenvalue weighted by Crippen LogP contribution is -1.97. The molecule has 0 heterocycles. The van der Waals surface area contributed by atoms with Gasteiger partial charge >= 0.3 is 6.20 Å². The summed E-state index contributed by atoms with van der Waals surface area (Å²) in [5.41, 5.74) is 1.03. The van der Waals surface area contributed by atoms with E-state index in [0.29, 0.717) is 6.61 Å². The highest BCUT2D eigenvalue weighted by molar-refractivity contribution is 5.13. The van der Waals surface area contributed by atoms with Crippen molar-refractivity contribution in [3.8, 4) is 0 Å². The lowest BCUT2D eigenvalue weighted by atomic mass is 10.2. The van der Waals surface area contributed by atoms with E-state index in [-0.39, 0.29) is 12.4 Å². The van der Waals surface area contributed by atoms with Gasteiger partial charge < -0.3 is 9.84 Å². The Morgan fingerprint density at radius 3 is 2.79 bits per heavy atom. The molecule has 1 aromatic rings. The van der Waals surface area contributed by atoms with E-state index in [2.05, 4.69) is 4.98 Å². The molecule has 0 unspecified atom stereocenters. The van der Waals surface area contributed by atoms with Crippen LogP contribution in [0.4, 0.5) is 0 Å². The van der Waals surface area contributed by atoms with Crippen LogP contribution < -0.4 is 0 Å². The second kappa shape index (κ2) is 5.73. The van der Waals surface area contributed by atoms with Gasteiger partial charge in [-0.25, -0.2) is 0 Å². The number of aliphatic hydroxyl groups excluding tert-OH is 1. The van der Waals surface area contributed by atoms with E-state index in [1.807, 2.05) is 30.3 Å². The Labute approximate surface area is 82.1 Å². The second-order valence-corrected chi connectivity index (χ2v) is 2.71. The summed E-state index contributed by atoms with van der Waals surface area (Å²) in [6.45, 7) is 0.461. The molecule has 14 heavy (non-hydrogen) atoms. The molecule has 0 spiro atoms. The molecule has 0 saturated carbocycles. The zero-order valence-corrected chi connectivity index (χ0v) is 7.63. The third-order valence-electron chi connectivity index (χ3n) is 1.57. The van der Waals surface area contributed by atoms with E-state index in [1.165, 1.54) is 0 Å². The average Bonchev–Trinajstić information content (AvgIpc) is 2.20. The molecule has 0 aromatic heterocycles. The third kappa shape index (κ3) is 3.70. The quantitative estimate of drug-likeness (QED) is 0.454. The number of rotatable bonds is 4. The van der Waals surface area contributed by atoms with E-state index >= 15 is 0 Å². The predicted molar refractivity (Wildman–Crippen MR) is 51.9 cm³/mol. The largest absolute Gasteiger partial charge is 0.504 e. The molecule has 1 aromatic carbocycles. The van der Waals surface area contributed by atoms with Gasteiger partial charge in [0.1, 0.15) is 6.61 Å². The van der Waals surface area contributed by atoms with E-state index in [0.717, 1.165) is 11.8 Å². The van der Waals surface area contributed by atoms with Crippen molar-refractivity contribution in [2.45, 2.75) is 6.61 Å². The second-order valence-electron chi connectivity index (χ2n) is 2.71. The Kier molecular flexibility index (Phi) is 4.18. The zero-order valence-electron chi connectivity index (χ0n) is 7.63. The Bertz CT molecular complexity index is 341. The van der Waals surface area contributed by atoms with Crippen molar-refractivity contribution in [2.24, 2.45) is 0 Å². The molecule has 0 bridgehead atoms. The van der Waals surface area contributed by atoms with Gasteiger partial charge in [0.15, 0.2) is 4.98 Å². The molecule has 1 rings (SSSR count). The molecule has 0 saturated heterocycles. The number of nitrogens with zero attached hydrogens (tertiary/aromatic N) is 2. The maximum atomic E-state index is 9.01. The van der Waals surface area contributed by atoms with Crippen LogP contribution in [0.1, 0.15) is 5.56 Å². The molecule has 0 aliphatic carbocycles. The number of aliphatic hydroxyl groups is 1. The fourth-order valence-corrected chi connectivity index (χ4v) is 0.952. The van der Waals surface area contributed by atoms with Crippen LogP contribution in [-0.2, 0) is 11.3 Å². The first-order chi connectivity index (χ1) is 6.83. The SMILES string of the molecule is N#[N+]/C=[13C](\O)[13CH2]OCc1ccccc1. The van der Waals surface area contributed by atoms with E-state index in [9.17, 15) is 0 Å².